The SMILES string of the molecule is Cc1cccc(Oc2nccnc2C(=N)N)c1C. The Morgan fingerprint density at radius 2 is 1.94 bits per heavy atom. The van der Waals surface area contributed by atoms with Crippen LogP contribution in [-0.2, 0) is 0 Å². The molecular weight excluding hydrogens is 228 g/mol. The van der Waals surface area contributed by atoms with Crippen molar-refractivity contribution in [2.45, 2.75) is 13.8 Å². The molecule has 5 heteroatoms. The maximum Gasteiger partial charge on any atom is 0.249 e. The molecule has 1 heterocycles. The van der Waals surface area contributed by atoms with E-state index in [0.717, 1.165) is 11.1 Å². The van der Waals surface area contributed by atoms with Crippen LogP contribution in [0.4, 0.5) is 0 Å². The predicted octanol–water partition coefficient (Wildman–Crippen LogP) is 2.17. The lowest BCUT2D eigenvalue weighted by molar-refractivity contribution is 0.455. The quantitative estimate of drug-likeness (QED) is 0.638. The summed E-state index contributed by atoms with van der Waals surface area (Å²) in [6.07, 6.45) is 2.99. The Morgan fingerprint density at radius 1 is 1.22 bits per heavy atom. The topological polar surface area (TPSA) is 84.9 Å². The van der Waals surface area contributed by atoms with Crippen molar-refractivity contribution in [3.63, 3.8) is 0 Å². The smallest absolute Gasteiger partial charge is 0.249 e. The number of hydrogen-bond acceptors (Lipinski definition) is 4. The minimum atomic E-state index is -0.164. The molecule has 1 aromatic heterocycles. The summed E-state index contributed by atoms with van der Waals surface area (Å²) in [4.78, 5) is 8.05. The highest BCUT2D eigenvalue weighted by Crippen LogP contribution is 2.26. The molecule has 0 amide bonds. The molecule has 2 aromatic rings. The zero-order valence-corrected chi connectivity index (χ0v) is 10.3. The van der Waals surface area contributed by atoms with E-state index >= 15 is 0 Å². The molecule has 3 N–H and O–H groups in total. The molecule has 0 unspecified atom stereocenters. The lowest BCUT2D eigenvalue weighted by Gasteiger charge is -2.11. The van der Waals surface area contributed by atoms with Gasteiger partial charge in [-0.3, -0.25) is 5.41 Å². The van der Waals surface area contributed by atoms with Crippen LogP contribution in [-0.4, -0.2) is 15.8 Å². The van der Waals surface area contributed by atoms with Crippen molar-refractivity contribution in [3.05, 3.63) is 47.4 Å². The van der Waals surface area contributed by atoms with Gasteiger partial charge >= 0.3 is 0 Å². The molecule has 0 fully saturated rings. The zero-order chi connectivity index (χ0) is 13.1. The Bertz CT molecular complexity index is 595. The second-order valence-corrected chi connectivity index (χ2v) is 3.92. The number of nitrogens with zero attached hydrogens (tertiary/aromatic N) is 2. The number of amidine groups is 1. The monoisotopic (exact) mass is 242 g/mol. The van der Waals surface area contributed by atoms with Gasteiger partial charge in [0.1, 0.15) is 11.6 Å². The second kappa shape index (κ2) is 4.83. The first-order chi connectivity index (χ1) is 8.59. The first-order valence-corrected chi connectivity index (χ1v) is 5.49. The minimum absolute atomic E-state index is 0.164. The number of rotatable bonds is 3. The molecule has 0 aliphatic rings. The van der Waals surface area contributed by atoms with Gasteiger partial charge in [-0.25, -0.2) is 9.97 Å². The number of aryl methyl sites for hydroxylation is 1. The summed E-state index contributed by atoms with van der Waals surface area (Å²) < 4.78 is 5.69. The molecule has 18 heavy (non-hydrogen) atoms. The Balaban J connectivity index is 2.40. The summed E-state index contributed by atoms with van der Waals surface area (Å²) in [5, 5.41) is 7.43. The summed E-state index contributed by atoms with van der Waals surface area (Å²) in [5.41, 5.74) is 7.84. The molecule has 0 saturated heterocycles. The minimum Gasteiger partial charge on any atom is -0.437 e. The van der Waals surface area contributed by atoms with Crippen LogP contribution in [0.2, 0.25) is 0 Å². The average molecular weight is 242 g/mol. The van der Waals surface area contributed by atoms with Gasteiger partial charge in [0.25, 0.3) is 0 Å². The molecule has 2 rings (SSSR count). The van der Waals surface area contributed by atoms with Crippen LogP contribution in [0.25, 0.3) is 0 Å². The van der Waals surface area contributed by atoms with E-state index in [-0.39, 0.29) is 17.4 Å². The van der Waals surface area contributed by atoms with E-state index in [9.17, 15) is 0 Å². The van der Waals surface area contributed by atoms with Crippen molar-refractivity contribution in [2.75, 3.05) is 0 Å². The zero-order valence-electron chi connectivity index (χ0n) is 10.3. The highest BCUT2D eigenvalue weighted by Gasteiger charge is 2.11. The third-order valence-electron chi connectivity index (χ3n) is 2.68. The lowest BCUT2D eigenvalue weighted by atomic mass is 10.1. The van der Waals surface area contributed by atoms with Crippen LogP contribution in [0.1, 0.15) is 16.8 Å². The number of hydrogen-bond donors (Lipinski definition) is 2. The molecule has 0 aliphatic heterocycles. The van der Waals surface area contributed by atoms with Gasteiger partial charge in [0.2, 0.25) is 5.88 Å². The van der Waals surface area contributed by atoms with Crippen molar-refractivity contribution in [1.29, 1.82) is 5.41 Å². The molecule has 0 spiro atoms. The number of benzene rings is 1. The van der Waals surface area contributed by atoms with E-state index in [2.05, 4.69) is 9.97 Å². The van der Waals surface area contributed by atoms with Gasteiger partial charge in [0.05, 0.1) is 0 Å². The van der Waals surface area contributed by atoms with E-state index in [1.165, 1.54) is 12.4 Å². The third kappa shape index (κ3) is 2.29. The number of nitrogens with two attached hydrogens (primary N) is 1. The summed E-state index contributed by atoms with van der Waals surface area (Å²) in [5.74, 6) is 0.778. The van der Waals surface area contributed by atoms with Crippen molar-refractivity contribution in [2.24, 2.45) is 5.73 Å². The summed E-state index contributed by atoms with van der Waals surface area (Å²) in [6.45, 7) is 3.97. The Morgan fingerprint density at radius 3 is 2.67 bits per heavy atom. The molecule has 0 atom stereocenters. The maximum absolute atomic E-state index is 7.43. The van der Waals surface area contributed by atoms with E-state index < -0.39 is 0 Å². The van der Waals surface area contributed by atoms with E-state index in [0.29, 0.717) is 5.75 Å². The van der Waals surface area contributed by atoms with Crippen molar-refractivity contribution < 1.29 is 4.74 Å². The fourth-order valence-electron chi connectivity index (χ4n) is 1.52. The molecule has 0 bridgehead atoms. The molecule has 5 nitrogen and oxygen atoms in total. The summed E-state index contributed by atoms with van der Waals surface area (Å²) in [6, 6.07) is 5.76. The van der Waals surface area contributed by atoms with Gasteiger partial charge in [0, 0.05) is 12.4 Å². The average Bonchev–Trinajstić information content (AvgIpc) is 2.35. The van der Waals surface area contributed by atoms with Gasteiger partial charge < -0.3 is 10.5 Å². The van der Waals surface area contributed by atoms with Gasteiger partial charge in [-0.05, 0) is 31.0 Å². The van der Waals surface area contributed by atoms with Gasteiger partial charge in [-0.2, -0.15) is 0 Å². The first kappa shape index (κ1) is 12.0. The number of ether oxygens (including phenoxy) is 1. The maximum atomic E-state index is 7.43. The summed E-state index contributed by atoms with van der Waals surface area (Å²) in [7, 11) is 0. The normalized spacial score (nSPS) is 10.1. The van der Waals surface area contributed by atoms with E-state index in [4.69, 9.17) is 15.9 Å². The highest BCUT2D eigenvalue weighted by atomic mass is 16.5. The number of nitrogens with one attached hydrogen (secondary N) is 1. The largest absolute Gasteiger partial charge is 0.437 e. The molecule has 0 radical (unpaired) electrons. The summed E-state index contributed by atoms with van der Waals surface area (Å²) >= 11 is 0. The number of aromatic nitrogens is 2. The first-order valence-electron chi connectivity index (χ1n) is 5.49. The van der Waals surface area contributed by atoms with Gasteiger partial charge in [-0.1, -0.05) is 12.1 Å². The Hall–Kier alpha value is -2.43. The van der Waals surface area contributed by atoms with Crippen LogP contribution in [0, 0.1) is 19.3 Å². The van der Waals surface area contributed by atoms with Crippen LogP contribution >= 0.6 is 0 Å². The fourth-order valence-corrected chi connectivity index (χ4v) is 1.52. The van der Waals surface area contributed by atoms with Crippen LogP contribution in [0.5, 0.6) is 11.6 Å². The second-order valence-electron chi connectivity index (χ2n) is 3.92. The van der Waals surface area contributed by atoms with Crippen LogP contribution in [0.3, 0.4) is 0 Å². The Labute approximate surface area is 105 Å². The highest BCUT2D eigenvalue weighted by molar-refractivity contribution is 5.95. The van der Waals surface area contributed by atoms with Crippen LogP contribution < -0.4 is 10.5 Å². The molecule has 92 valence electrons. The lowest BCUT2D eigenvalue weighted by Crippen LogP contribution is -2.15. The number of nitrogen functional groups attached to an aromatic ring is 1. The van der Waals surface area contributed by atoms with Crippen molar-refractivity contribution >= 4 is 5.84 Å². The molecule has 0 saturated carbocycles. The van der Waals surface area contributed by atoms with Crippen molar-refractivity contribution in [1.82, 2.24) is 9.97 Å². The van der Waals surface area contributed by atoms with E-state index in [1.807, 2.05) is 32.0 Å². The standard InChI is InChI=1S/C13H14N4O/c1-8-4-3-5-10(9(8)2)18-13-11(12(14)15)16-6-7-17-13/h3-7H,1-2H3,(H3,14,15). The molecule has 0 aliphatic carbocycles. The third-order valence-corrected chi connectivity index (χ3v) is 2.68. The fraction of sp³-hybridized carbons (Fsp3) is 0.154. The van der Waals surface area contributed by atoms with Crippen molar-refractivity contribution in [3.8, 4) is 11.6 Å². The predicted molar refractivity (Wildman–Crippen MR) is 69.0 cm³/mol. The van der Waals surface area contributed by atoms with Gasteiger partial charge in [0.15, 0.2) is 5.69 Å². The van der Waals surface area contributed by atoms with Gasteiger partial charge in [-0.15, -0.1) is 0 Å². The van der Waals surface area contributed by atoms with Crippen LogP contribution in [0.15, 0.2) is 30.6 Å². The Kier molecular flexibility index (Phi) is 3.23. The molecule has 1 aromatic carbocycles. The van der Waals surface area contributed by atoms with E-state index in [1.54, 1.807) is 0 Å². The molecular formula is C13H14N4O.